The molecule has 0 saturated heterocycles. The Kier molecular flexibility index (Phi) is 7.69. The third-order valence-electron chi connectivity index (χ3n) is 3.73. The first-order valence-corrected chi connectivity index (χ1v) is 9.56. The fraction of sp³-hybridized carbons (Fsp3) is 0.300. The van der Waals surface area contributed by atoms with Crippen LogP contribution in [0.1, 0.15) is 30.5 Å². The highest BCUT2D eigenvalue weighted by Crippen LogP contribution is 2.31. The van der Waals surface area contributed by atoms with Crippen LogP contribution < -0.4 is 10.0 Å². The van der Waals surface area contributed by atoms with Gasteiger partial charge in [-0.05, 0) is 54.1 Å². The van der Waals surface area contributed by atoms with E-state index in [9.17, 15) is 4.79 Å². The van der Waals surface area contributed by atoms with E-state index in [1.54, 1.807) is 0 Å². The number of amidine groups is 1. The van der Waals surface area contributed by atoms with Crippen molar-refractivity contribution in [1.82, 2.24) is 10.0 Å². The maximum atomic E-state index is 12.2. The van der Waals surface area contributed by atoms with Crippen LogP contribution in [0.4, 0.5) is 5.69 Å². The molecule has 0 bridgehead atoms. The average molecular weight is 372 g/mol. The smallest absolute Gasteiger partial charge is 0.287 e. The number of carbonyl (C=O) groups excluding carboxylic acids is 1. The summed E-state index contributed by atoms with van der Waals surface area (Å²) in [6.07, 6.45) is 0.730. The Morgan fingerprint density at radius 2 is 1.85 bits per heavy atom. The number of benzene rings is 2. The van der Waals surface area contributed by atoms with Gasteiger partial charge in [0.1, 0.15) is 0 Å². The van der Waals surface area contributed by atoms with Crippen molar-refractivity contribution in [1.29, 1.82) is 0 Å². The van der Waals surface area contributed by atoms with Gasteiger partial charge in [0.2, 0.25) is 5.84 Å². The highest BCUT2D eigenvalue weighted by molar-refractivity contribution is 7.98. The van der Waals surface area contributed by atoms with Gasteiger partial charge in [-0.25, -0.2) is 4.99 Å². The molecule has 1 amide bonds. The summed E-state index contributed by atoms with van der Waals surface area (Å²) in [6.45, 7) is 6.60. The molecule has 6 heteroatoms. The largest absolute Gasteiger partial charge is 0.392 e. The minimum Gasteiger partial charge on any atom is -0.392 e. The van der Waals surface area contributed by atoms with Crippen molar-refractivity contribution in [3.63, 3.8) is 0 Å². The fourth-order valence-electron chi connectivity index (χ4n) is 2.35. The number of fused-ring (bicyclic) bond motifs is 1. The molecule has 0 unspecified atom stereocenters. The number of carbonyl (C=O) groups is 1. The standard InChI is InChI=1S/C18H19N3O2S.C2H6/c1-12-2-7-15-16(10-12)24-21-17(20-15)18(23)19-9-8-13-3-5-14(11-22)6-4-13;1-2/h2-7,10,22H,8-9,11H2,1H3,(H,19,23)(H,20,21);1-2H3. The second kappa shape index (κ2) is 9.99. The molecule has 0 spiro atoms. The molecule has 0 radical (unpaired) electrons. The molecule has 1 aliphatic rings. The Hall–Kier alpha value is -2.31. The van der Waals surface area contributed by atoms with Crippen molar-refractivity contribution in [2.75, 3.05) is 6.54 Å². The Balaban J connectivity index is 0.00000117. The molecule has 0 fully saturated rings. The van der Waals surface area contributed by atoms with E-state index in [0.29, 0.717) is 12.4 Å². The van der Waals surface area contributed by atoms with Gasteiger partial charge in [0.05, 0.1) is 17.2 Å². The SMILES string of the molecule is CC.Cc1ccc2c(c1)SNC(C(=O)NCCc1ccc(CO)cc1)=N2. The summed E-state index contributed by atoms with van der Waals surface area (Å²) in [5, 5.41) is 11.9. The lowest BCUT2D eigenvalue weighted by Crippen LogP contribution is -2.39. The zero-order chi connectivity index (χ0) is 18.9. The van der Waals surface area contributed by atoms with E-state index >= 15 is 0 Å². The lowest BCUT2D eigenvalue weighted by molar-refractivity contribution is -0.114. The van der Waals surface area contributed by atoms with E-state index in [1.165, 1.54) is 17.5 Å². The minimum atomic E-state index is -0.208. The van der Waals surface area contributed by atoms with E-state index in [1.807, 2.05) is 63.2 Å². The molecule has 1 heterocycles. The maximum Gasteiger partial charge on any atom is 0.287 e. The number of amides is 1. The average Bonchev–Trinajstić information content (AvgIpc) is 2.69. The van der Waals surface area contributed by atoms with Crippen LogP contribution in [0.25, 0.3) is 0 Å². The first-order chi connectivity index (χ1) is 12.7. The molecule has 2 aromatic carbocycles. The summed E-state index contributed by atoms with van der Waals surface area (Å²) in [7, 11) is 0. The highest BCUT2D eigenvalue weighted by atomic mass is 32.2. The van der Waals surface area contributed by atoms with E-state index < -0.39 is 0 Å². The van der Waals surface area contributed by atoms with Crippen LogP contribution in [0.5, 0.6) is 0 Å². The third-order valence-corrected chi connectivity index (χ3v) is 4.57. The number of aliphatic imine (C=N–C) groups is 1. The summed E-state index contributed by atoms with van der Waals surface area (Å²) in [4.78, 5) is 17.6. The Bertz CT molecular complexity index is 773. The van der Waals surface area contributed by atoms with E-state index in [0.717, 1.165) is 28.1 Å². The van der Waals surface area contributed by atoms with Gasteiger partial charge < -0.3 is 15.1 Å². The number of rotatable bonds is 5. The highest BCUT2D eigenvalue weighted by Gasteiger charge is 2.17. The van der Waals surface area contributed by atoms with Gasteiger partial charge in [0, 0.05) is 6.54 Å². The first-order valence-electron chi connectivity index (χ1n) is 8.75. The second-order valence-electron chi connectivity index (χ2n) is 5.62. The molecule has 2 aromatic rings. The number of hydrogen-bond donors (Lipinski definition) is 3. The van der Waals surface area contributed by atoms with Crippen molar-refractivity contribution in [3.8, 4) is 0 Å². The van der Waals surface area contributed by atoms with Gasteiger partial charge in [-0.1, -0.05) is 44.2 Å². The molecule has 3 rings (SSSR count). The van der Waals surface area contributed by atoms with Gasteiger partial charge in [0.15, 0.2) is 0 Å². The molecular weight excluding hydrogens is 346 g/mol. The number of nitrogens with one attached hydrogen (secondary N) is 2. The summed E-state index contributed by atoms with van der Waals surface area (Å²) in [5.74, 6) is 0.118. The van der Waals surface area contributed by atoms with Gasteiger partial charge in [-0.15, -0.1) is 0 Å². The van der Waals surface area contributed by atoms with Crippen LogP contribution >= 0.6 is 11.9 Å². The maximum absolute atomic E-state index is 12.2. The number of aliphatic hydroxyl groups excluding tert-OH is 1. The molecule has 5 nitrogen and oxygen atoms in total. The molecule has 0 saturated carbocycles. The van der Waals surface area contributed by atoms with Crippen LogP contribution in [0.15, 0.2) is 52.4 Å². The molecular formula is C20H25N3O2S. The van der Waals surface area contributed by atoms with Crippen LogP contribution in [-0.2, 0) is 17.8 Å². The van der Waals surface area contributed by atoms with E-state index in [2.05, 4.69) is 15.0 Å². The first kappa shape index (κ1) is 20.0. The van der Waals surface area contributed by atoms with Crippen LogP contribution in [-0.4, -0.2) is 23.4 Å². The number of aryl methyl sites for hydroxylation is 1. The van der Waals surface area contributed by atoms with Gasteiger partial charge in [-0.2, -0.15) is 0 Å². The summed E-state index contributed by atoms with van der Waals surface area (Å²) < 4.78 is 2.99. The van der Waals surface area contributed by atoms with Crippen LogP contribution in [0.2, 0.25) is 0 Å². The molecule has 3 N–H and O–H groups in total. The van der Waals surface area contributed by atoms with Crippen LogP contribution in [0.3, 0.4) is 0 Å². The van der Waals surface area contributed by atoms with Crippen LogP contribution in [0, 0.1) is 6.92 Å². The summed E-state index contributed by atoms with van der Waals surface area (Å²) in [5.41, 5.74) is 3.98. The lowest BCUT2D eigenvalue weighted by atomic mass is 10.1. The normalized spacial score (nSPS) is 12.1. The van der Waals surface area contributed by atoms with Gasteiger partial charge in [-0.3, -0.25) is 4.79 Å². The number of hydrogen-bond acceptors (Lipinski definition) is 5. The van der Waals surface area contributed by atoms with E-state index in [-0.39, 0.29) is 12.5 Å². The Labute approximate surface area is 159 Å². The molecule has 0 aliphatic carbocycles. The number of aliphatic hydroxyl groups is 1. The molecule has 0 atom stereocenters. The van der Waals surface area contributed by atoms with Crippen molar-refractivity contribution < 1.29 is 9.90 Å². The van der Waals surface area contributed by atoms with E-state index in [4.69, 9.17) is 5.11 Å². The minimum absolute atomic E-state index is 0.0428. The van der Waals surface area contributed by atoms with Gasteiger partial charge >= 0.3 is 0 Å². The topological polar surface area (TPSA) is 73.7 Å². The molecule has 1 aliphatic heterocycles. The van der Waals surface area contributed by atoms with Crippen molar-refractivity contribution >= 4 is 29.4 Å². The second-order valence-corrected chi connectivity index (χ2v) is 6.46. The predicted octanol–water partition coefficient (Wildman–Crippen LogP) is 3.51. The van der Waals surface area contributed by atoms with Crippen molar-refractivity contribution in [3.05, 3.63) is 59.2 Å². The number of nitrogens with zero attached hydrogens (tertiary/aromatic N) is 1. The fourth-order valence-corrected chi connectivity index (χ4v) is 3.16. The summed E-state index contributed by atoms with van der Waals surface area (Å²) >= 11 is 1.41. The zero-order valence-electron chi connectivity index (χ0n) is 15.4. The third kappa shape index (κ3) is 5.34. The zero-order valence-corrected chi connectivity index (χ0v) is 16.2. The Morgan fingerprint density at radius 3 is 2.54 bits per heavy atom. The predicted molar refractivity (Wildman–Crippen MR) is 108 cm³/mol. The lowest BCUT2D eigenvalue weighted by Gasteiger charge is -2.16. The molecule has 26 heavy (non-hydrogen) atoms. The monoisotopic (exact) mass is 371 g/mol. The molecule has 138 valence electrons. The van der Waals surface area contributed by atoms with Crippen molar-refractivity contribution in [2.24, 2.45) is 4.99 Å². The van der Waals surface area contributed by atoms with Crippen molar-refractivity contribution in [2.45, 2.75) is 38.7 Å². The summed E-state index contributed by atoms with van der Waals surface area (Å²) in [6, 6.07) is 13.7. The Morgan fingerprint density at radius 1 is 1.15 bits per heavy atom. The molecule has 0 aromatic heterocycles. The van der Waals surface area contributed by atoms with Gasteiger partial charge in [0.25, 0.3) is 5.91 Å². The quantitative estimate of drug-likeness (QED) is 0.703.